The van der Waals surface area contributed by atoms with E-state index in [0.717, 1.165) is 48.3 Å². The Balaban J connectivity index is 1.50. The van der Waals surface area contributed by atoms with Crippen molar-refractivity contribution in [1.29, 1.82) is 0 Å². The Bertz CT molecular complexity index is 969. The fourth-order valence-corrected chi connectivity index (χ4v) is 4.20. The van der Waals surface area contributed by atoms with Crippen LogP contribution in [0.4, 0.5) is 5.69 Å². The van der Waals surface area contributed by atoms with Crippen LogP contribution in [0.25, 0.3) is 0 Å². The first-order valence-electron chi connectivity index (χ1n) is 9.40. The normalized spacial score (nSPS) is 17.7. The van der Waals surface area contributed by atoms with Crippen molar-refractivity contribution in [2.45, 2.75) is 26.2 Å². The van der Waals surface area contributed by atoms with Gasteiger partial charge < -0.3 is 15.4 Å². The maximum absolute atomic E-state index is 12.9. The zero-order chi connectivity index (χ0) is 19.5. The van der Waals surface area contributed by atoms with E-state index in [1.54, 1.807) is 6.20 Å². The number of pyridine rings is 1. The molecule has 2 aliphatic heterocycles. The van der Waals surface area contributed by atoms with Crippen molar-refractivity contribution in [3.63, 3.8) is 0 Å². The van der Waals surface area contributed by atoms with Crippen molar-refractivity contribution < 1.29 is 4.79 Å². The number of hydrogen-bond acceptors (Lipinski definition) is 6. The van der Waals surface area contributed by atoms with Gasteiger partial charge in [0.15, 0.2) is 0 Å². The number of benzene rings is 1. The minimum absolute atomic E-state index is 0.0610. The number of amidine groups is 1. The predicted octanol–water partition coefficient (Wildman–Crippen LogP) is 3.49. The molecule has 0 radical (unpaired) electrons. The van der Waals surface area contributed by atoms with Crippen LogP contribution in [-0.2, 0) is 6.42 Å². The molecule has 0 spiro atoms. The molecule has 0 unspecified atom stereocenters. The lowest BCUT2D eigenvalue weighted by molar-refractivity contribution is 0.0751. The first kappa shape index (κ1) is 18.6. The van der Waals surface area contributed by atoms with Gasteiger partial charge in [-0.05, 0) is 49.9 Å². The molecular weight excluding hydrogens is 370 g/mol. The summed E-state index contributed by atoms with van der Waals surface area (Å²) in [7, 11) is 0. The molecule has 4 rings (SSSR count). The molecular formula is C21H23N5OS. The third-order valence-corrected chi connectivity index (χ3v) is 5.76. The number of likely N-dealkylation sites (tertiary alicyclic amines) is 1. The smallest absolute Gasteiger partial charge is 0.255 e. The van der Waals surface area contributed by atoms with Crippen molar-refractivity contribution in [2.24, 2.45) is 10.1 Å². The summed E-state index contributed by atoms with van der Waals surface area (Å²) in [5.41, 5.74) is 12.0. The van der Waals surface area contributed by atoms with Crippen molar-refractivity contribution >= 4 is 29.6 Å². The van der Waals surface area contributed by atoms with Gasteiger partial charge in [0.1, 0.15) is 5.84 Å². The molecule has 0 aliphatic carbocycles. The highest BCUT2D eigenvalue weighted by Gasteiger charge is 2.22. The number of aryl methyl sites for hydroxylation is 1. The van der Waals surface area contributed by atoms with Gasteiger partial charge in [-0.2, -0.15) is 4.40 Å². The number of anilines is 1. The van der Waals surface area contributed by atoms with Crippen LogP contribution < -0.4 is 10.5 Å². The summed E-state index contributed by atoms with van der Waals surface area (Å²) in [6.45, 7) is 3.33. The topological polar surface area (TPSA) is 83.6 Å². The van der Waals surface area contributed by atoms with Crippen LogP contribution in [-0.4, -0.2) is 34.7 Å². The predicted molar refractivity (Wildman–Crippen MR) is 114 cm³/mol. The molecule has 0 bridgehead atoms. The van der Waals surface area contributed by atoms with E-state index in [4.69, 9.17) is 5.73 Å². The van der Waals surface area contributed by atoms with E-state index in [1.165, 1.54) is 17.7 Å². The van der Waals surface area contributed by atoms with Crippen molar-refractivity contribution in [1.82, 2.24) is 9.88 Å². The summed E-state index contributed by atoms with van der Waals surface area (Å²) >= 11 is 1.25. The van der Waals surface area contributed by atoms with Gasteiger partial charge in [0.25, 0.3) is 5.91 Å². The third-order valence-electron chi connectivity index (χ3n) is 5.16. The van der Waals surface area contributed by atoms with Crippen LogP contribution in [0.2, 0.25) is 0 Å². The van der Waals surface area contributed by atoms with Crippen LogP contribution in [0.15, 0.2) is 52.6 Å². The van der Waals surface area contributed by atoms with Crippen molar-refractivity contribution in [3.05, 3.63) is 70.6 Å². The molecule has 1 aromatic carbocycles. The van der Waals surface area contributed by atoms with Crippen molar-refractivity contribution in [3.8, 4) is 0 Å². The van der Waals surface area contributed by atoms with E-state index in [0.29, 0.717) is 17.9 Å². The van der Waals surface area contributed by atoms with E-state index in [2.05, 4.69) is 26.2 Å². The molecule has 1 fully saturated rings. The van der Waals surface area contributed by atoms with Crippen LogP contribution in [0, 0.1) is 6.92 Å². The summed E-state index contributed by atoms with van der Waals surface area (Å²) in [6, 6.07) is 9.79. The number of fused-ring (bicyclic) bond motifs is 1. The van der Waals surface area contributed by atoms with Gasteiger partial charge in [0.05, 0.1) is 23.4 Å². The number of nitrogens with zero attached hydrogens (tertiary/aromatic N) is 3. The second kappa shape index (κ2) is 8.06. The molecule has 3 heterocycles. The Morgan fingerprint density at radius 3 is 3.11 bits per heavy atom. The monoisotopic (exact) mass is 393 g/mol. The van der Waals surface area contributed by atoms with E-state index in [1.807, 2.05) is 36.1 Å². The number of carbonyl (C=O) groups excluding carboxylic acids is 1. The Labute approximate surface area is 169 Å². The number of nitrogens with two attached hydrogens (primary N) is 1. The second-order valence-electron chi connectivity index (χ2n) is 7.04. The Morgan fingerprint density at radius 1 is 1.36 bits per heavy atom. The van der Waals surface area contributed by atoms with Crippen LogP contribution in [0.3, 0.4) is 0 Å². The highest BCUT2D eigenvalue weighted by molar-refractivity contribution is 7.99. The quantitative estimate of drug-likeness (QED) is 0.616. The highest BCUT2D eigenvalue weighted by Crippen LogP contribution is 2.28. The first-order chi connectivity index (χ1) is 13.6. The van der Waals surface area contributed by atoms with E-state index >= 15 is 0 Å². The molecule has 0 atom stereocenters. The van der Waals surface area contributed by atoms with E-state index in [-0.39, 0.29) is 5.91 Å². The fourth-order valence-electron chi connectivity index (χ4n) is 3.70. The van der Waals surface area contributed by atoms with Crippen molar-refractivity contribution in [2.75, 3.05) is 17.8 Å². The van der Waals surface area contributed by atoms with Gasteiger partial charge in [-0.3, -0.25) is 9.78 Å². The van der Waals surface area contributed by atoms with Crippen LogP contribution in [0.1, 0.15) is 40.0 Å². The zero-order valence-electron chi connectivity index (χ0n) is 15.8. The molecule has 0 saturated carbocycles. The molecule has 144 valence electrons. The highest BCUT2D eigenvalue weighted by atomic mass is 32.2. The first-order valence-corrected chi connectivity index (χ1v) is 10.2. The van der Waals surface area contributed by atoms with Gasteiger partial charge in [0, 0.05) is 30.5 Å². The lowest BCUT2D eigenvalue weighted by Gasteiger charge is -2.29. The average Bonchev–Trinajstić information content (AvgIpc) is 2.72. The number of piperidine rings is 1. The van der Waals surface area contributed by atoms with Gasteiger partial charge >= 0.3 is 0 Å². The van der Waals surface area contributed by atoms with Gasteiger partial charge in [0.2, 0.25) is 0 Å². The molecule has 28 heavy (non-hydrogen) atoms. The molecule has 1 amide bonds. The molecule has 2 aromatic rings. The second-order valence-corrected chi connectivity index (χ2v) is 7.61. The Morgan fingerprint density at radius 2 is 2.25 bits per heavy atom. The number of allylic oxidation sites excluding steroid dienone is 1. The molecule has 1 aromatic heterocycles. The largest absolute Gasteiger partial charge is 0.383 e. The fraction of sp³-hybridized carbons (Fsp3) is 0.286. The maximum Gasteiger partial charge on any atom is 0.255 e. The Hall–Kier alpha value is -2.80. The minimum atomic E-state index is 0.0610. The summed E-state index contributed by atoms with van der Waals surface area (Å²) in [6.07, 6.45) is 6.72. The maximum atomic E-state index is 12.9. The average molecular weight is 394 g/mol. The van der Waals surface area contributed by atoms with Crippen LogP contribution >= 0.6 is 12.1 Å². The number of carbonyl (C=O) groups is 1. The summed E-state index contributed by atoms with van der Waals surface area (Å²) in [5.74, 6) is 0.617. The number of rotatable bonds is 3. The summed E-state index contributed by atoms with van der Waals surface area (Å²) < 4.78 is 7.41. The van der Waals surface area contributed by atoms with Gasteiger partial charge in [-0.15, -0.1) is 0 Å². The summed E-state index contributed by atoms with van der Waals surface area (Å²) in [5, 5.41) is 0. The molecule has 1 saturated heterocycles. The summed E-state index contributed by atoms with van der Waals surface area (Å²) in [4.78, 5) is 19.1. The number of aromatic nitrogens is 1. The third kappa shape index (κ3) is 3.75. The zero-order valence-corrected chi connectivity index (χ0v) is 16.6. The van der Waals surface area contributed by atoms with E-state index in [9.17, 15) is 4.79 Å². The number of amides is 1. The minimum Gasteiger partial charge on any atom is -0.383 e. The number of hydrogen-bond donors (Lipinski definition) is 2. The van der Waals surface area contributed by atoms with E-state index < -0.39 is 0 Å². The lowest BCUT2D eigenvalue weighted by Crippen LogP contribution is -2.37. The molecule has 6 nitrogen and oxygen atoms in total. The van der Waals surface area contributed by atoms with Crippen LogP contribution in [0.5, 0.6) is 0 Å². The molecule has 3 N–H and O–H groups in total. The SMILES string of the molecule is Cc1ncccc1C(=O)N1CCC/C(=C\Cc2cccc3c2C(N)=NSN3)C1. The van der Waals surface area contributed by atoms with Gasteiger partial charge in [-0.25, -0.2) is 0 Å². The molecule has 7 heteroatoms. The molecule has 2 aliphatic rings. The Kier molecular flexibility index (Phi) is 5.34. The number of nitrogens with one attached hydrogen (secondary N) is 1. The lowest BCUT2D eigenvalue weighted by atomic mass is 9.97. The standard InChI is InChI=1S/C21H23N5OS/c1-14-17(7-3-11-23-14)21(27)26-12-4-5-15(13-26)9-10-16-6-2-8-18-19(16)20(22)25-28-24-18/h2-3,6-9,11,24H,4-5,10,12-13H2,1H3,(H2,22,25)/b15-9+. The van der Waals surface area contributed by atoms with Gasteiger partial charge in [-0.1, -0.05) is 23.8 Å².